The molecule has 1 aliphatic carbocycles. The van der Waals surface area contributed by atoms with Gasteiger partial charge in [0, 0.05) is 27.3 Å². The largest absolute Gasteiger partial charge is 0.480 e. The topological polar surface area (TPSA) is 40.5 Å². The van der Waals surface area contributed by atoms with Gasteiger partial charge in [0.1, 0.15) is 6.04 Å². The zero-order valence-electron chi connectivity index (χ0n) is 10.9. The quantitative estimate of drug-likeness (QED) is 0.912. The van der Waals surface area contributed by atoms with E-state index >= 15 is 0 Å². The molecule has 2 heterocycles. The van der Waals surface area contributed by atoms with Gasteiger partial charge in [-0.15, -0.1) is 11.3 Å². The third kappa shape index (κ3) is 2.48. The predicted molar refractivity (Wildman–Crippen MR) is 79.4 cm³/mol. The maximum atomic E-state index is 11.6. The number of carbonyl (C=O) groups is 1. The van der Waals surface area contributed by atoms with Gasteiger partial charge in [0.15, 0.2) is 0 Å². The van der Waals surface area contributed by atoms with Crippen molar-refractivity contribution >= 4 is 33.2 Å². The van der Waals surface area contributed by atoms with Gasteiger partial charge >= 0.3 is 5.97 Å². The Kier molecular flexibility index (Phi) is 3.71. The molecule has 0 bridgehead atoms. The summed E-state index contributed by atoms with van der Waals surface area (Å²) < 4.78 is 1.14. The molecule has 19 heavy (non-hydrogen) atoms. The van der Waals surface area contributed by atoms with E-state index in [1.165, 1.54) is 22.6 Å². The molecule has 2 aliphatic rings. The zero-order chi connectivity index (χ0) is 13.6. The predicted octanol–water partition coefficient (Wildman–Crippen LogP) is 3.50. The lowest BCUT2D eigenvalue weighted by Gasteiger charge is -2.23. The van der Waals surface area contributed by atoms with E-state index in [1.54, 1.807) is 11.3 Å². The van der Waals surface area contributed by atoms with E-state index in [1.807, 2.05) is 0 Å². The van der Waals surface area contributed by atoms with E-state index in [-0.39, 0.29) is 6.04 Å². The van der Waals surface area contributed by atoms with Crippen LogP contribution < -0.4 is 0 Å². The van der Waals surface area contributed by atoms with Gasteiger partial charge in [-0.05, 0) is 53.6 Å². The van der Waals surface area contributed by atoms with Crippen molar-refractivity contribution in [1.29, 1.82) is 0 Å². The molecule has 3 unspecified atom stereocenters. The summed E-state index contributed by atoms with van der Waals surface area (Å²) in [5, 5.41) is 9.52. The molecule has 0 spiro atoms. The van der Waals surface area contributed by atoms with Gasteiger partial charge in [0.05, 0.1) is 0 Å². The van der Waals surface area contributed by atoms with Crippen LogP contribution in [0.15, 0.2) is 10.5 Å². The van der Waals surface area contributed by atoms with Crippen LogP contribution in [0.5, 0.6) is 0 Å². The molecule has 1 saturated carbocycles. The first kappa shape index (κ1) is 13.6. The molecule has 1 aromatic rings. The van der Waals surface area contributed by atoms with Gasteiger partial charge in [-0.2, -0.15) is 0 Å². The molecule has 104 valence electrons. The first-order chi connectivity index (χ1) is 9.06. The Labute approximate surface area is 125 Å². The highest BCUT2D eigenvalue weighted by atomic mass is 79.9. The fourth-order valence-electron chi connectivity index (χ4n) is 3.69. The van der Waals surface area contributed by atoms with Gasteiger partial charge in [-0.25, -0.2) is 0 Å². The van der Waals surface area contributed by atoms with Crippen molar-refractivity contribution in [3.05, 3.63) is 20.3 Å². The number of hydrogen-bond acceptors (Lipinski definition) is 3. The van der Waals surface area contributed by atoms with Crippen molar-refractivity contribution in [2.24, 2.45) is 11.8 Å². The summed E-state index contributed by atoms with van der Waals surface area (Å²) in [6.45, 7) is 3.82. The second-order valence-corrected chi connectivity index (χ2v) is 7.88. The van der Waals surface area contributed by atoms with Gasteiger partial charge in [-0.1, -0.05) is 6.42 Å². The summed E-state index contributed by atoms with van der Waals surface area (Å²) in [6.07, 6.45) is 3.50. The molecule has 0 radical (unpaired) electrons. The van der Waals surface area contributed by atoms with Gasteiger partial charge in [0.25, 0.3) is 0 Å². The van der Waals surface area contributed by atoms with E-state index in [0.29, 0.717) is 11.8 Å². The molecule has 3 nitrogen and oxygen atoms in total. The Morgan fingerprint density at radius 3 is 3.00 bits per heavy atom. The molecule has 1 aromatic heterocycles. The fourth-order valence-corrected chi connectivity index (χ4v) is 5.32. The third-order valence-electron chi connectivity index (χ3n) is 4.51. The molecule has 0 amide bonds. The summed E-state index contributed by atoms with van der Waals surface area (Å²) in [6, 6.07) is 1.86. The SMILES string of the molecule is Cc1sc(CN2CC3CCCC3C2C(=O)O)cc1Br. The highest BCUT2D eigenvalue weighted by Crippen LogP contribution is 2.43. The van der Waals surface area contributed by atoms with Gasteiger partial charge < -0.3 is 5.11 Å². The number of halogens is 1. The second kappa shape index (κ2) is 5.19. The lowest BCUT2D eigenvalue weighted by molar-refractivity contribution is -0.143. The monoisotopic (exact) mass is 343 g/mol. The van der Waals surface area contributed by atoms with Crippen LogP contribution in [0, 0.1) is 18.8 Å². The number of rotatable bonds is 3. The van der Waals surface area contributed by atoms with Crippen molar-refractivity contribution in [3.8, 4) is 0 Å². The van der Waals surface area contributed by atoms with Gasteiger partial charge in [0.2, 0.25) is 0 Å². The average Bonchev–Trinajstić information content (AvgIpc) is 2.94. The Hall–Kier alpha value is -0.390. The number of thiophene rings is 1. The molecule has 0 aromatic carbocycles. The highest BCUT2D eigenvalue weighted by molar-refractivity contribution is 9.10. The van der Waals surface area contributed by atoms with Crippen LogP contribution in [0.25, 0.3) is 0 Å². The number of nitrogens with zero attached hydrogens (tertiary/aromatic N) is 1. The standard InChI is InChI=1S/C14H18BrNO2S/c1-8-12(15)5-10(19-8)7-16-6-9-3-2-4-11(9)13(16)14(17)18/h5,9,11,13H,2-4,6-7H2,1H3,(H,17,18). The summed E-state index contributed by atoms with van der Waals surface area (Å²) >= 11 is 5.30. The van der Waals surface area contributed by atoms with Crippen molar-refractivity contribution < 1.29 is 9.90 Å². The Balaban J connectivity index is 1.78. The summed E-state index contributed by atoms with van der Waals surface area (Å²) in [5.74, 6) is 0.342. The van der Waals surface area contributed by atoms with Crippen LogP contribution in [0.2, 0.25) is 0 Å². The fraction of sp³-hybridized carbons (Fsp3) is 0.643. The molecular formula is C14H18BrNO2S. The van der Waals surface area contributed by atoms with Crippen molar-refractivity contribution in [3.63, 3.8) is 0 Å². The lowest BCUT2D eigenvalue weighted by Crippen LogP contribution is -2.38. The number of likely N-dealkylation sites (tertiary alicyclic amines) is 1. The highest BCUT2D eigenvalue weighted by Gasteiger charge is 2.47. The second-order valence-electron chi connectivity index (χ2n) is 5.68. The molecule has 1 saturated heterocycles. The third-order valence-corrected chi connectivity index (χ3v) is 6.63. The summed E-state index contributed by atoms with van der Waals surface area (Å²) in [4.78, 5) is 16.3. The Bertz CT molecular complexity index is 482. The molecule has 3 rings (SSSR count). The van der Waals surface area contributed by atoms with E-state index in [2.05, 4.69) is 33.8 Å². The zero-order valence-corrected chi connectivity index (χ0v) is 13.3. The first-order valence-electron chi connectivity index (χ1n) is 6.78. The number of fused-ring (bicyclic) bond motifs is 1. The number of aliphatic carboxylic acids is 1. The normalized spacial score (nSPS) is 30.7. The Morgan fingerprint density at radius 1 is 1.58 bits per heavy atom. The summed E-state index contributed by atoms with van der Waals surface area (Å²) in [7, 11) is 0. The maximum Gasteiger partial charge on any atom is 0.321 e. The molecule has 5 heteroatoms. The first-order valence-corrected chi connectivity index (χ1v) is 8.39. The van der Waals surface area contributed by atoms with E-state index in [9.17, 15) is 9.90 Å². The van der Waals surface area contributed by atoms with Crippen LogP contribution in [0.3, 0.4) is 0 Å². The minimum Gasteiger partial charge on any atom is -0.480 e. The minimum absolute atomic E-state index is 0.270. The number of carboxylic acid groups (broad SMARTS) is 1. The summed E-state index contributed by atoms with van der Waals surface area (Å²) in [5.41, 5.74) is 0. The smallest absolute Gasteiger partial charge is 0.321 e. The number of aryl methyl sites for hydroxylation is 1. The average molecular weight is 344 g/mol. The molecular weight excluding hydrogens is 326 g/mol. The molecule has 2 fully saturated rings. The van der Waals surface area contributed by atoms with Crippen molar-refractivity contribution in [2.45, 2.75) is 38.8 Å². The van der Waals surface area contributed by atoms with Crippen LogP contribution in [0.1, 0.15) is 29.0 Å². The van der Waals surface area contributed by atoms with Crippen LogP contribution in [-0.4, -0.2) is 28.6 Å². The number of carboxylic acids is 1. The number of hydrogen-bond donors (Lipinski definition) is 1. The van der Waals surface area contributed by atoms with E-state index in [0.717, 1.165) is 24.0 Å². The van der Waals surface area contributed by atoms with Crippen molar-refractivity contribution in [1.82, 2.24) is 4.90 Å². The lowest BCUT2D eigenvalue weighted by atomic mass is 9.94. The van der Waals surface area contributed by atoms with Gasteiger partial charge in [-0.3, -0.25) is 9.69 Å². The molecule has 1 N–H and O–H groups in total. The Morgan fingerprint density at radius 2 is 2.37 bits per heavy atom. The molecule has 1 aliphatic heterocycles. The van der Waals surface area contributed by atoms with Crippen LogP contribution in [-0.2, 0) is 11.3 Å². The minimum atomic E-state index is -0.637. The van der Waals surface area contributed by atoms with Crippen LogP contribution >= 0.6 is 27.3 Å². The van der Waals surface area contributed by atoms with E-state index < -0.39 is 5.97 Å². The van der Waals surface area contributed by atoms with E-state index in [4.69, 9.17) is 0 Å². The molecule has 3 atom stereocenters. The van der Waals surface area contributed by atoms with Crippen molar-refractivity contribution in [2.75, 3.05) is 6.54 Å². The maximum absolute atomic E-state index is 11.6. The van der Waals surface area contributed by atoms with Crippen LogP contribution in [0.4, 0.5) is 0 Å².